The number of hydrogen-bond acceptors (Lipinski definition) is 8. The van der Waals surface area contributed by atoms with Gasteiger partial charge in [0.2, 0.25) is 11.4 Å². The van der Waals surface area contributed by atoms with Gasteiger partial charge >= 0.3 is 18.2 Å². The van der Waals surface area contributed by atoms with Crippen molar-refractivity contribution in [3.63, 3.8) is 0 Å². The van der Waals surface area contributed by atoms with Crippen LogP contribution in [0.15, 0.2) is 41.7 Å². The number of alkyl halides is 3. The molecule has 2 atom stereocenters. The van der Waals surface area contributed by atoms with Crippen LogP contribution in [0, 0.1) is 6.92 Å². The van der Waals surface area contributed by atoms with E-state index in [2.05, 4.69) is 9.97 Å². The molecule has 0 radical (unpaired) electrons. The van der Waals surface area contributed by atoms with Gasteiger partial charge in [-0.05, 0) is 32.0 Å². The number of rotatable bonds is 9. The molecule has 0 N–H and O–H groups in total. The first-order chi connectivity index (χ1) is 17.5. The third-order valence-corrected chi connectivity index (χ3v) is 6.42. The van der Waals surface area contributed by atoms with E-state index in [4.69, 9.17) is 14.2 Å². The summed E-state index contributed by atoms with van der Waals surface area (Å²) < 4.78 is 67.3. The first kappa shape index (κ1) is 28.1. The van der Waals surface area contributed by atoms with Crippen molar-refractivity contribution < 1.29 is 41.2 Å². The monoisotopic (exact) mass is 542 g/mol. The number of methoxy groups -OCH3 is 1. The number of pyridine rings is 1. The Hall–Kier alpha value is -3.52. The second kappa shape index (κ2) is 11.7. The van der Waals surface area contributed by atoms with Crippen LogP contribution < -0.4 is 4.74 Å². The molecule has 1 amide bonds. The van der Waals surface area contributed by atoms with Crippen molar-refractivity contribution >= 4 is 33.8 Å². The highest BCUT2D eigenvalue weighted by molar-refractivity contribution is 7.84. The molecule has 0 bridgehead atoms. The third-order valence-electron chi connectivity index (χ3n) is 5.21. The third kappa shape index (κ3) is 6.43. The lowest BCUT2D eigenvalue weighted by molar-refractivity contribution is -0.163. The van der Waals surface area contributed by atoms with Crippen molar-refractivity contribution in [3.05, 3.63) is 47.8 Å². The maximum Gasteiger partial charge on any atom is 0.422 e. The molecule has 3 aromatic rings. The van der Waals surface area contributed by atoms with Crippen LogP contribution in [0.25, 0.3) is 11.0 Å². The van der Waals surface area contributed by atoms with Crippen LogP contribution in [0.3, 0.4) is 0 Å². The summed E-state index contributed by atoms with van der Waals surface area (Å²) >= 11 is 0. The van der Waals surface area contributed by atoms with Gasteiger partial charge in [-0.15, -0.1) is 0 Å². The molecule has 0 saturated heterocycles. The van der Waals surface area contributed by atoms with Crippen molar-refractivity contribution in [1.29, 1.82) is 0 Å². The number of ether oxygens (including phenoxy) is 3. The predicted octanol–water partition coefficient (Wildman–Crippen LogP) is 3.42. The van der Waals surface area contributed by atoms with E-state index in [9.17, 15) is 27.0 Å². The van der Waals surface area contributed by atoms with Gasteiger partial charge in [-0.1, -0.05) is 12.1 Å². The number of amides is 1. The van der Waals surface area contributed by atoms with Crippen molar-refractivity contribution in [3.8, 4) is 5.75 Å². The number of nitrogens with zero attached hydrogens (tertiary/aromatic N) is 4. The zero-order valence-electron chi connectivity index (χ0n) is 20.4. The summed E-state index contributed by atoms with van der Waals surface area (Å²) in [4.78, 5) is 35.2. The molecule has 1 aromatic carbocycles. The summed E-state index contributed by atoms with van der Waals surface area (Å²) in [6.45, 7) is 1.69. The van der Waals surface area contributed by atoms with Crippen LogP contribution in [0.1, 0.15) is 18.2 Å². The number of esters is 1. The highest BCUT2D eigenvalue weighted by atomic mass is 32.2. The average molecular weight is 543 g/mol. The minimum absolute atomic E-state index is 0.0546. The van der Waals surface area contributed by atoms with E-state index in [0.29, 0.717) is 11.0 Å². The smallest absolute Gasteiger partial charge is 0.422 e. The minimum Gasteiger partial charge on any atom is -0.484 e. The van der Waals surface area contributed by atoms with E-state index in [-0.39, 0.29) is 34.5 Å². The predicted molar refractivity (Wildman–Crippen MR) is 126 cm³/mol. The van der Waals surface area contributed by atoms with Crippen LogP contribution in [0.2, 0.25) is 0 Å². The van der Waals surface area contributed by atoms with Gasteiger partial charge in [-0.3, -0.25) is 14.1 Å². The van der Waals surface area contributed by atoms with Gasteiger partial charge in [0.15, 0.2) is 6.61 Å². The molecule has 0 aliphatic rings. The molecular weight excluding hydrogens is 517 g/mol. The van der Waals surface area contributed by atoms with Crippen LogP contribution in [-0.4, -0.2) is 75.4 Å². The van der Waals surface area contributed by atoms with E-state index in [1.807, 2.05) is 0 Å². The molecule has 2 aromatic heterocycles. The number of fused-ring (bicyclic) bond motifs is 1. The minimum atomic E-state index is -4.53. The number of para-hydroxylation sites is 2. The number of carbonyl (C=O) groups excluding carboxylic acids is 2. The SMILES string of the molecule is CCOC(=O)C(OC)N(C)C(=O)n1c(S(=O)Cc2nccc(OCC(F)(F)F)c2C)nc2ccccc21. The van der Waals surface area contributed by atoms with Gasteiger partial charge < -0.3 is 14.2 Å². The summed E-state index contributed by atoms with van der Waals surface area (Å²) in [6.07, 6.45) is -4.66. The summed E-state index contributed by atoms with van der Waals surface area (Å²) in [7, 11) is 0.579. The van der Waals surface area contributed by atoms with Gasteiger partial charge in [0.25, 0.3) is 0 Å². The quantitative estimate of drug-likeness (QED) is 0.299. The number of aromatic nitrogens is 3. The Kier molecular flexibility index (Phi) is 8.86. The molecular formula is C23H25F3N4O6S. The highest BCUT2D eigenvalue weighted by Crippen LogP contribution is 2.26. The van der Waals surface area contributed by atoms with Gasteiger partial charge in [0.1, 0.15) is 5.75 Å². The number of hydrogen-bond donors (Lipinski definition) is 0. The first-order valence-corrected chi connectivity index (χ1v) is 12.3. The van der Waals surface area contributed by atoms with Gasteiger partial charge in [-0.2, -0.15) is 13.2 Å². The number of carbonyl (C=O) groups is 2. The largest absolute Gasteiger partial charge is 0.484 e. The Morgan fingerprint density at radius 1 is 1.22 bits per heavy atom. The molecule has 0 aliphatic carbocycles. The van der Waals surface area contributed by atoms with Gasteiger partial charge in [0, 0.05) is 25.9 Å². The van der Waals surface area contributed by atoms with Crippen molar-refractivity contribution in [2.45, 2.75) is 37.2 Å². The lowest BCUT2D eigenvalue weighted by atomic mass is 10.2. The molecule has 0 spiro atoms. The fourth-order valence-corrected chi connectivity index (χ4v) is 4.68. The molecule has 200 valence electrons. The Morgan fingerprint density at radius 2 is 1.92 bits per heavy atom. The maximum absolute atomic E-state index is 13.5. The summed E-state index contributed by atoms with van der Waals surface area (Å²) in [5.74, 6) is -1.11. The molecule has 2 unspecified atom stereocenters. The topological polar surface area (TPSA) is 113 Å². The summed E-state index contributed by atoms with van der Waals surface area (Å²) in [6, 6.07) is 7.08. The van der Waals surface area contributed by atoms with Crippen LogP contribution >= 0.6 is 0 Å². The lowest BCUT2D eigenvalue weighted by Crippen LogP contribution is -2.46. The lowest BCUT2D eigenvalue weighted by Gasteiger charge is -2.25. The van der Waals surface area contributed by atoms with Crippen LogP contribution in [0.4, 0.5) is 18.0 Å². The molecule has 37 heavy (non-hydrogen) atoms. The molecule has 0 fully saturated rings. The van der Waals surface area contributed by atoms with E-state index in [0.717, 1.165) is 9.47 Å². The van der Waals surface area contributed by atoms with E-state index >= 15 is 0 Å². The molecule has 3 rings (SSSR count). The van der Waals surface area contributed by atoms with Crippen LogP contribution in [0.5, 0.6) is 5.75 Å². The van der Waals surface area contributed by atoms with Crippen molar-refractivity contribution in [2.24, 2.45) is 0 Å². The van der Waals surface area contributed by atoms with E-state index in [1.54, 1.807) is 31.2 Å². The Bertz CT molecular complexity index is 1310. The standard InChI is InChI=1S/C23H25F3N4O6S/c1-5-35-20(31)19(34-4)29(3)22(32)30-17-9-7-6-8-15(17)28-21(30)37(33)12-16-14(2)18(10-11-27-16)36-13-23(24,25)26/h6-11,19H,5,12-13H2,1-4H3. The van der Waals surface area contributed by atoms with Gasteiger partial charge in [-0.25, -0.2) is 19.1 Å². The zero-order valence-corrected chi connectivity index (χ0v) is 21.3. The number of halogens is 3. The maximum atomic E-state index is 13.5. The van der Waals surface area contributed by atoms with Crippen molar-refractivity contribution in [1.82, 2.24) is 19.4 Å². The summed E-state index contributed by atoms with van der Waals surface area (Å²) in [5, 5.41) is -0.139. The average Bonchev–Trinajstić information content (AvgIpc) is 3.24. The number of imidazole rings is 1. The number of benzene rings is 1. The zero-order chi connectivity index (χ0) is 27.3. The second-order valence-electron chi connectivity index (χ2n) is 7.73. The second-order valence-corrected chi connectivity index (χ2v) is 9.07. The Morgan fingerprint density at radius 3 is 2.57 bits per heavy atom. The van der Waals surface area contributed by atoms with E-state index < -0.39 is 41.8 Å². The number of likely N-dealkylation sites (N-methyl/N-ethyl adjacent to an activating group) is 1. The van der Waals surface area contributed by atoms with Gasteiger partial charge in [0.05, 0.1) is 39.9 Å². The van der Waals surface area contributed by atoms with Crippen LogP contribution in [-0.2, 0) is 30.8 Å². The molecule has 0 aliphatic heterocycles. The Labute approximate surface area is 212 Å². The van der Waals surface area contributed by atoms with Crippen molar-refractivity contribution in [2.75, 3.05) is 27.4 Å². The fraction of sp³-hybridized carbons (Fsp3) is 0.391. The fourth-order valence-electron chi connectivity index (χ4n) is 3.43. The highest BCUT2D eigenvalue weighted by Gasteiger charge is 2.33. The molecule has 14 heteroatoms. The van der Waals surface area contributed by atoms with E-state index in [1.165, 1.54) is 33.3 Å². The molecule has 2 heterocycles. The molecule has 10 nitrogen and oxygen atoms in total. The first-order valence-electron chi connectivity index (χ1n) is 10.9. The summed E-state index contributed by atoms with van der Waals surface area (Å²) in [5.41, 5.74) is 1.17. The molecule has 0 saturated carbocycles. The normalized spacial score (nSPS) is 13.3. The Balaban J connectivity index is 1.97.